The molecule has 2 heterocycles. The van der Waals surface area contributed by atoms with E-state index in [0.717, 1.165) is 19.6 Å². The van der Waals surface area contributed by atoms with E-state index in [1.54, 1.807) is 0 Å². The first-order chi connectivity index (χ1) is 7.75. The molecule has 2 rings (SSSR count). The van der Waals surface area contributed by atoms with E-state index < -0.39 is 0 Å². The van der Waals surface area contributed by atoms with Gasteiger partial charge in [0, 0.05) is 25.6 Å². The van der Waals surface area contributed by atoms with Crippen molar-refractivity contribution in [2.75, 3.05) is 32.8 Å². The lowest BCUT2D eigenvalue weighted by molar-refractivity contribution is -0.126. The standard InChI is InChI=1S/C10H17N3O3/c14-9-5-11-8(4-12-9)10(15)13-3-7-1-2-16-6-7/h7-8,11H,1-6H2,(H,12,14)(H,13,15). The van der Waals surface area contributed by atoms with Crippen molar-refractivity contribution in [3.05, 3.63) is 0 Å². The third kappa shape index (κ3) is 2.93. The lowest BCUT2D eigenvalue weighted by Gasteiger charge is -2.23. The second kappa shape index (κ2) is 5.27. The molecule has 0 bridgehead atoms. The highest BCUT2D eigenvalue weighted by Crippen LogP contribution is 2.10. The largest absolute Gasteiger partial charge is 0.381 e. The van der Waals surface area contributed by atoms with Crippen molar-refractivity contribution < 1.29 is 14.3 Å². The summed E-state index contributed by atoms with van der Waals surface area (Å²) in [5, 5.41) is 8.42. The van der Waals surface area contributed by atoms with Gasteiger partial charge in [-0.05, 0) is 6.42 Å². The predicted octanol–water partition coefficient (Wildman–Crippen LogP) is -1.77. The third-order valence-electron chi connectivity index (χ3n) is 2.92. The SMILES string of the molecule is O=C1CNC(C(=O)NCC2CCOC2)CN1. The molecular formula is C10H17N3O3. The van der Waals surface area contributed by atoms with E-state index in [1.807, 2.05) is 0 Å². The summed E-state index contributed by atoms with van der Waals surface area (Å²) in [4.78, 5) is 22.6. The molecule has 0 aromatic carbocycles. The minimum absolute atomic E-state index is 0.0492. The van der Waals surface area contributed by atoms with Gasteiger partial charge in [0.25, 0.3) is 0 Å². The highest BCUT2D eigenvalue weighted by molar-refractivity contribution is 5.86. The number of hydrogen-bond donors (Lipinski definition) is 3. The zero-order valence-corrected chi connectivity index (χ0v) is 9.12. The van der Waals surface area contributed by atoms with Gasteiger partial charge in [0.15, 0.2) is 0 Å². The Kier molecular flexibility index (Phi) is 3.74. The molecule has 2 amide bonds. The van der Waals surface area contributed by atoms with E-state index in [0.29, 0.717) is 19.0 Å². The fraction of sp³-hybridized carbons (Fsp3) is 0.800. The second-order valence-corrected chi connectivity index (χ2v) is 4.21. The molecule has 2 aliphatic heterocycles. The van der Waals surface area contributed by atoms with Crippen molar-refractivity contribution >= 4 is 11.8 Å². The van der Waals surface area contributed by atoms with Crippen LogP contribution in [0.3, 0.4) is 0 Å². The highest BCUT2D eigenvalue weighted by Gasteiger charge is 2.24. The number of piperazine rings is 1. The minimum atomic E-state index is -0.306. The van der Waals surface area contributed by atoms with E-state index in [1.165, 1.54) is 0 Å². The topological polar surface area (TPSA) is 79.5 Å². The van der Waals surface area contributed by atoms with Crippen molar-refractivity contribution in [1.82, 2.24) is 16.0 Å². The third-order valence-corrected chi connectivity index (χ3v) is 2.92. The van der Waals surface area contributed by atoms with Crippen molar-refractivity contribution in [3.63, 3.8) is 0 Å². The van der Waals surface area contributed by atoms with Gasteiger partial charge in [-0.2, -0.15) is 0 Å². The van der Waals surface area contributed by atoms with Crippen molar-refractivity contribution in [2.24, 2.45) is 5.92 Å². The summed E-state index contributed by atoms with van der Waals surface area (Å²) in [6.45, 7) is 2.76. The number of carbonyl (C=O) groups excluding carboxylic acids is 2. The Morgan fingerprint density at radius 2 is 2.44 bits per heavy atom. The van der Waals surface area contributed by atoms with Crippen molar-refractivity contribution in [3.8, 4) is 0 Å². The van der Waals surface area contributed by atoms with Gasteiger partial charge in [-0.1, -0.05) is 0 Å². The molecule has 90 valence electrons. The predicted molar refractivity (Wildman–Crippen MR) is 56.7 cm³/mol. The molecule has 6 heteroatoms. The maximum atomic E-state index is 11.7. The van der Waals surface area contributed by atoms with E-state index in [2.05, 4.69) is 16.0 Å². The van der Waals surface area contributed by atoms with E-state index in [-0.39, 0.29) is 24.4 Å². The first kappa shape index (κ1) is 11.3. The quantitative estimate of drug-likeness (QED) is 0.533. The molecule has 0 saturated carbocycles. The molecule has 0 aromatic rings. The van der Waals surface area contributed by atoms with E-state index >= 15 is 0 Å². The molecule has 2 saturated heterocycles. The van der Waals surface area contributed by atoms with Crippen LogP contribution in [0.5, 0.6) is 0 Å². The average Bonchev–Trinajstić information content (AvgIpc) is 2.80. The fourth-order valence-electron chi connectivity index (χ4n) is 1.86. The van der Waals surface area contributed by atoms with Crippen LogP contribution in [-0.2, 0) is 14.3 Å². The van der Waals surface area contributed by atoms with Crippen molar-refractivity contribution in [2.45, 2.75) is 12.5 Å². The molecule has 2 atom stereocenters. The Balaban J connectivity index is 1.68. The van der Waals surface area contributed by atoms with Gasteiger partial charge in [-0.3, -0.25) is 14.9 Å². The number of carbonyl (C=O) groups is 2. The number of hydrogen-bond acceptors (Lipinski definition) is 4. The van der Waals surface area contributed by atoms with Crippen LogP contribution < -0.4 is 16.0 Å². The smallest absolute Gasteiger partial charge is 0.238 e. The van der Waals surface area contributed by atoms with Gasteiger partial charge in [0.1, 0.15) is 6.04 Å². The number of nitrogens with one attached hydrogen (secondary N) is 3. The molecular weight excluding hydrogens is 210 g/mol. The first-order valence-corrected chi connectivity index (χ1v) is 5.61. The number of amides is 2. The molecule has 2 fully saturated rings. The minimum Gasteiger partial charge on any atom is -0.381 e. The number of ether oxygens (including phenoxy) is 1. The van der Waals surface area contributed by atoms with Crippen LogP contribution in [0.2, 0.25) is 0 Å². The van der Waals surface area contributed by atoms with Crippen LogP contribution in [0, 0.1) is 5.92 Å². The van der Waals surface area contributed by atoms with Crippen LogP contribution in [0.25, 0.3) is 0 Å². The highest BCUT2D eigenvalue weighted by atomic mass is 16.5. The monoisotopic (exact) mass is 227 g/mol. The maximum absolute atomic E-state index is 11.7. The summed E-state index contributed by atoms with van der Waals surface area (Å²) in [5.74, 6) is 0.322. The summed E-state index contributed by atoms with van der Waals surface area (Å²) in [5.41, 5.74) is 0. The molecule has 0 aliphatic carbocycles. The van der Waals surface area contributed by atoms with Crippen LogP contribution in [0.15, 0.2) is 0 Å². The average molecular weight is 227 g/mol. The zero-order chi connectivity index (χ0) is 11.4. The summed E-state index contributed by atoms with van der Waals surface area (Å²) in [7, 11) is 0. The Labute approximate surface area is 94.1 Å². The number of rotatable bonds is 3. The first-order valence-electron chi connectivity index (χ1n) is 5.61. The summed E-state index contributed by atoms with van der Waals surface area (Å²) in [6, 6.07) is -0.306. The van der Waals surface area contributed by atoms with Crippen LogP contribution in [0.1, 0.15) is 6.42 Å². The molecule has 0 radical (unpaired) electrons. The van der Waals surface area contributed by atoms with Gasteiger partial charge in [-0.15, -0.1) is 0 Å². The van der Waals surface area contributed by atoms with Gasteiger partial charge in [0.2, 0.25) is 11.8 Å². The molecule has 16 heavy (non-hydrogen) atoms. The Morgan fingerprint density at radius 3 is 3.06 bits per heavy atom. The summed E-state index contributed by atoms with van der Waals surface area (Å²) >= 11 is 0. The van der Waals surface area contributed by atoms with Gasteiger partial charge in [-0.25, -0.2) is 0 Å². The normalized spacial score (nSPS) is 29.9. The molecule has 0 spiro atoms. The lowest BCUT2D eigenvalue weighted by atomic mass is 10.1. The van der Waals surface area contributed by atoms with E-state index in [9.17, 15) is 9.59 Å². The molecule has 0 aromatic heterocycles. The van der Waals surface area contributed by atoms with E-state index in [4.69, 9.17) is 4.74 Å². The molecule has 3 N–H and O–H groups in total. The fourth-order valence-corrected chi connectivity index (χ4v) is 1.86. The Morgan fingerprint density at radius 1 is 1.56 bits per heavy atom. The van der Waals surface area contributed by atoms with Crippen molar-refractivity contribution in [1.29, 1.82) is 0 Å². The van der Waals surface area contributed by atoms with Gasteiger partial charge < -0.3 is 15.4 Å². The summed E-state index contributed by atoms with van der Waals surface area (Å²) in [6.07, 6.45) is 1.01. The lowest BCUT2D eigenvalue weighted by Crippen LogP contribution is -2.58. The van der Waals surface area contributed by atoms with Crippen LogP contribution in [-0.4, -0.2) is 50.7 Å². The zero-order valence-electron chi connectivity index (χ0n) is 9.12. The second-order valence-electron chi connectivity index (χ2n) is 4.21. The Hall–Kier alpha value is -1.14. The summed E-state index contributed by atoms with van der Waals surface area (Å²) < 4.78 is 5.22. The van der Waals surface area contributed by atoms with Crippen LogP contribution >= 0.6 is 0 Å². The van der Waals surface area contributed by atoms with Gasteiger partial charge in [0.05, 0.1) is 13.2 Å². The Bertz CT molecular complexity index is 266. The van der Waals surface area contributed by atoms with Gasteiger partial charge >= 0.3 is 0 Å². The molecule has 2 aliphatic rings. The molecule has 6 nitrogen and oxygen atoms in total. The molecule has 2 unspecified atom stereocenters. The van der Waals surface area contributed by atoms with Crippen LogP contribution in [0.4, 0.5) is 0 Å². The maximum Gasteiger partial charge on any atom is 0.238 e.